The van der Waals surface area contributed by atoms with Crippen molar-refractivity contribution in [2.45, 2.75) is 51.5 Å². The van der Waals surface area contributed by atoms with Gasteiger partial charge in [0, 0.05) is 19.0 Å². The Morgan fingerprint density at radius 3 is 2.48 bits per heavy atom. The first-order valence-electron chi connectivity index (χ1n) is 9.91. The highest BCUT2D eigenvalue weighted by atomic mass is 32.1. The van der Waals surface area contributed by atoms with Crippen molar-refractivity contribution >= 4 is 28.2 Å². The molecule has 2 saturated heterocycles. The van der Waals surface area contributed by atoms with E-state index in [9.17, 15) is 9.59 Å². The van der Waals surface area contributed by atoms with Gasteiger partial charge in [-0.25, -0.2) is 0 Å². The number of amides is 2. The first-order valence-corrected chi connectivity index (χ1v) is 10.8. The highest BCUT2D eigenvalue weighted by molar-refractivity contribution is 7.14. The van der Waals surface area contributed by atoms with E-state index in [2.05, 4.69) is 21.2 Å². The van der Waals surface area contributed by atoms with E-state index in [-0.39, 0.29) is 17.9 Å². The molecular formula is C20H28N4O2S. The molecule has 2 aliphatic rings. The highest BCUT2D eigenvalue weighted by Crippen LogP contribution is 2.25. The maximum absolute atomic E-state index is 12.8. The molecule has 3 heterocycles. The van der Waals surface area contributed by atoms with E-state index < -0.39 is 0 Å². The standard InChI is InChI=1S/C20H28N4O2S/c1-15(18(25)22-19-17(14-21)8-13-27-19)23-11-6-16(7-12-23)20(26)24-9-4-2-3-5-10-24/h8,13,15-16H,2-7,9-12H2,1H3,(H,22,25)/t15-/m1/s1. The summed E-state index contributed by atoms with van der Waals surface area (Å²) in [7, 11) is 0. The van der Waals surface area contributed by atoms with Crippen LogP contribution in [0.1, 0.15) is 51.0 Å². The maximum atomic E-state index is 12.8. The second-order valence-corrected chi connectivity index (χ2v) is 8.41. The summed E-state index contributed by atoms with van der Waals surface area (Å²) in [6.45, 7) is 5.22. The fourth-order valence-corrected chi connectivity index (χ4v) is 4.70. The summed E-state index contributed by atoms with van der Waals surface area (Å²) < 4.78 is 0. The number of hydrogen-bond donors (Lipinski definition) is 1. The zero-order valence-electron chi connectivity index (χ0n) is 15.9. The Kier molecular flexibility index (Phi) is 6.86. The average Bonchev–Trinajstić information content (AvgIpc) is 2.97. The Morgan fingerprint density at radius 2 is 1.85 bits per heavy atom. The van der Waals surface area contributed by atoms with Crippen LogP contribution in [0.3, 0.4) is 0 Å². The van der Waals surface area contributed by atoms with Gasteiger partial charge < -0.3 is 10.2 Å². The number of carbonyl (C=O) groups excluding carboxylic acids is 2. The quantitative estimate of drug-likeness (QED) is 0.860. The molecule has 0 aromatic carbocycles. The number of nitrogens with one attached hydrogen (secondary N) is 1. The molecule has 0 saturated carbocycles. The Bertz CT molecular complexity index is 695. The van der Waals surface area contributed by atoms with Gasteiger partial charge >= 0.3 is 0 Å². The number of nitrogens with zero attached hydrogens (tertiary/aromatic N) is 3. The SMILES string of the molecule is C[C@H](C(=O)Nc1sccc1C#N)N1CCC(C(=O)N2CCCCCC2)CC1. The molecule has 0 radical (unpaired) electrons. The lowest BCUT2D eigenvalue weighted by molar-refractivity contribution is -0.137. The Morgan fingerprint density at radius 1 is 1.19 bits per heavy atom. The molecule has 0 aliphatic carbocycles. The van der Waals surface area contributed by atoms with Crippen LogP contribution in [0.15, 0.2) is 11.4 Å². The maximum Gasteiger partial charge on any atom is 0.242 e. The Labute approximate surface area is 165 Å². The molecule has 146 valence electrons. The number of thiophene rings is 1. The average molecular weight is 389 g/mol. The van der Waals surface area contributed by atoms with E-state index in [1.807, 2.05) is 6.92 Å². The van der Waals surface area contributed by atoms with Crippen LogP contribution in [0, 0.1) is 17.2 Å². The van der Waals surface area contributed by atoms with Gasteiger partial charge in [-0.1, -0.05) is 12.8 Å². The molecule has 0 spiro atoms. The molecule has 1 atom stereocenters. The van der Waals surface area contributed by atoms with E-state index in [4.69, 9.17) is 5.26 Å². The molecule has 2 amide bonds. The Hall–Kier alpha value is -1.91. The zero-order chi connectivity index (χ0) is 19.2. The van der Waals surface area contributed by atoms with Gasteiger partial charge in [0.15, 0.2) is 0 Å². The third kappa shape index (κ3) is 4.88. The summed E-state index contributed by atoms with van der Waals surface area (Å²) in [6, 6.07) is 3.54. The molecule has 0 unspecified atom stereocenters. The van der Waals surface area contributed by atoms with Crippen molar-refractivity contribution in [1.82, 2.24) is 9.80 Å². The Balaban J connectivity index is 1.50. The van der Waals surface area contributed by atoms with Crippen LogP contribution < -0.4 is 5.32 Å². The van der Waals surface area contributed by atoms with E-state index in [1.165, 1.54) is 24.2 Å². The van der Waals surface area contributed by atoms with E-state index in [0.717, 1.165) is 51.9 Å². The monoisotopic (exact) mass is 388 g/mol. The molecule has 27 heavy (non-hydrogen) atoms. The summed E-state index contributed by atoms with van der Waals surface area (Å²) in [4.78, 5) is 29.5. The summed E-state index contributed by atoms with van der Waals surface area (Å²) in [5, 5.41) is 14.4. The fraction of sp³-hybridized carbons (Fsp3) is 0.650. The molecule has 1 aromatic heterocycles. The highest BCUT2D eigenvalue weighted by Gasteiger charge is 2.32. The third-order valence-electron chi connectivity index (χ3n) is 5.75. The predicted octanol–water partition coefficient (Wildman–Crippen LogP) is 3.06. The minimum Gasteiger partial charge on any atom is -0.342 e. The van der Waals surface area contributed by atoms with Crippen LogP contribution in [0.4, 0.5) is 5.00 Å². The smallest absolute Gasteiger partial charge is 0.242 e. The third-order valence-corrected chi connectivity index (χ3v) is 6.58. The molecule has 2 fully saturated rings. The second-order valence-electron chi connectivity index (χ2n) is 7.49. The van der Waals surface area contributed by atoms with Crippen LogP contribution in [0.25, 0.3) is 0 Å². The van der Waals surface area contributed by atoms with E-state index in [0.29, 0.717) is 16.5 Å². The summed E-state index contributed by atoms with van der Waals surface area (Å²) >= 11 is 1.37. The lowest BCUT2D eigenvalue weighted by Crippen LogP contribution is -2.48. The van der Waals surface area contributed by atoms with Crippen molar-refractivity contribution in [3.05, 3.63) is 17.0 Å². The van der Waals surface area contributed by atoms with Crippen molar-refractivity contribution in [3.8, 4) is 6.07 Å². The van der Waals surface area contributed by atoms with Crippen molar-refractivity contribution in [1.29, 1.82) is 5.26 Å². The van der Waals surface area contributed by atoms with Crippen LogP contribution in [0.5, 0.6) is 0 Å². The molecule has 6 nitrogen and oxygen atoms in total. The molecule has 1 aromatic rings. The summed E-state index contributed by atoms with van der Waals surface area (Å²) in [5.74, 6) is 0.314. The van der Waals surface area contributed by atoms with Gasteiger partial charge in [-0.15, -0.1) is 11.3 Å². The van der Waals surface area contributed by atoms with Crippen molar-refractivity contribution in [2.24, 2.45) is 5.92 Å². The fourth-order valence-electron chi connectivity index (χ4n) is 3.96. The predicted molar refractivity (Wildman–Crippen MR) is 106 cm³/mol. The largest absolute Gasteiger partial charge is 0.342 e. The molecule has 2 aliphatic heterocycles. The summed E-state index contributed by atoms with van der Waals surface area (Å²) in [6.07, 6.45) is 6.33. The molecular weight excluding hydrogens is 360 g/mol. The van der Waals surface area contributed by atoms with Gasteiger partial charge in [0.25, 0.3) is 0 Å². The number of anilines is 1. The van der Waals surface area contributed by atoms with Crippen LogP contribution in [0.2, 0.25) is 0 Å². The van der Waals surface area contributed by atoms with Gasteiger partial charge in [-0.05, 0) is 57.1 Å². The lowest BCUT2D eigenvalue weighted by Gasteiger charge is -2.36. The van der Waals surface area contributed by atoms with Gasteiger partial charge in [0.2, 0.25) is 11.8 Å². The van der Waals surface area contributed by atoms with E-state index in [1.54, 1.807) is 11.4 Å². The number of piperidine rings is 1. The normalized spacial score (nSPS) is 20.5. The number of nitriles is 1. The number of likely N-dealkylation sites (tertiary alicyclic amines) is 2. The van der Waals surface area contributed by atoms with Crippen molar-refractivity contribution in [3.63, 3.8) is 0 Å². The molecule has 1 N–H and O–H groups in total. The van der Waals surface area contributed by atoms with Crippen LogP contribution in [-0.4, -0.2) is 53.8 Å². The second kappa shape index (κ2) is 9.34. The minimum absolute atomic E-state index is 0.0914. The molecule has 7 heteroatoms. The minimum atomic E-state index is -0.270. The topological polar surface area (TPSA) is 76.4 Å². The van der Waals surface area contributed by atoms with Crippen LogP contribution in [-0.2, 0) is 9.59 Å². The van der Waals surface area contributed by atoms with Gasteiger partial charge in [-0.3, -0.25) is 14.5 Å². The van der Waals surface area contributed by atoms with Crippen molar-refractivity contribution in [2.75, 3.05) is 31.5 Å². The summed E-state index contributed by atoms with van der Waals surface area (Å²) in [5.41, 5.74) is 0.502. The first kappa shape index (κ1) is 19.8. The molecule has 3 rings (SSSR count). The lowest BCUT2D eigenvalue weighted by atomic mass is 9.94. The molecule has 0 bridgehead atoms. The first-order chi connectivity index (χ1) is 13.1. The number of rotatable bonds is 4. The van der Waals surface area contributed by atoms with Gasteiger partial charge in [0.05, 0.1) is 11.6 Å². The van der Waals surface area contributed by atoms with Crippen LogP contribution >= 0.6 is 11.3 Å². The van der Waals surface area contributed by atoms with Gasteiger partial charge in [0.1, 0.15) is 11.1 Å². The van der Waals surface area contributed by atoms with Crippen molar-refractivity contribution < 1.29 is 9.59 Å². The zero-order valence-corrected chi connectivity index (χ0v) is 16.8. The van der Waals surface area contributed by atoms with E-state index >= 15 is 0 Å². The van der Waals surface area contributed by atoms with Gasteiger partial charge in [-0.2, -0.15) is 5.26 Å². The number of hydrogen-bond acceptors (Lipinski definition) is 5. The number of carbonyl (C=O) groups is 2.